The number of nitrogens with zero attached hydrogens (tertiary/aromatic N) is 2. The maximum atomic E-state index is 12.2. The highest BCUT2D eigenvalue weighted by Crippen LogP contribution is 2.29. The fourth-order valence-electron chi connectivity index (χ4n) is 1.94. The monoisotopic (exact) mass is 284 g/mol. The summed E-state index contributed by atoms with van der Waals surface area (Å²) in [5, 5.41) is 4.04. The molecule has 0 aliphatic heterocycles. The van der Waals surface area contributed by atoms with Gasteiger partial charge in [0.2, 0.25) is 0 Å². The van der Waals surface area contributed by atoms with Crippen molar-refractivity contribution in [3.05, 3.63) is 47.8 Å². The fraction of sp³-hybridized carbons (Fsp3) is 0.353. The molecule has 3 rings (SSSR count). The predicted octanol–water partition coefficient (Wildman–Crippen LogP) is 3.04. The van der Waals surface area contributed by atoms with E-state index in [1.165, 1.54) is 12.8 Å². The Bertz CT molecular complexity index is 665. The first-order valence-electron chi connectivity index (χ1n) is 7.17. The first-order valence-corrected chi connectivity index (χ1v) is 7.17. The van der Waals surface area contributed by atoms with E-state index in [4.69, 9.17) is 4.74 Å². The Hall–Kier alpha value is -2.28. The maximum absolute atomic E-state index is 12.2. The van der Waals surface area contributed by atoms with Gasteiger partial charge in [-0.15, -0.1) is 0 Å². The third kappa shape index (κ3) is 4.09. The molecule has 3 nitrogen and oxygen atoms in total. The van der Waals surface area contributed by atoms with Gasteiger partial charge >= 0.3 is 0 Å². The van der Waals surface area contributed by atoms with E-state index in [1.54, 1.807) is 17.1 Å². The minimum absolute atomic E-state index is 0.270. The van der Waals surface area contributed by atoms with Crippen molar-refractivity contribution in [2.45, 2.75) is 19.4 Å². The molecule has 1 aromatic heterocycles. The SMILES string of the molecule is FCCn1cc(C#Cc2cccc(OCC3CC3)c2)cn1. The molecule has 1 aliphatic rings. The summed E-state index contributed by atoms with van der Waals surface area (Å²) in [4.78, 5) is 0. The minimum Gasteiger partial charge on any atom is -0.493 e. The number of aromatic nitrogens is 2. The van der Waals surface area contributed by atoms with E-state index in [9.17, 15) is 4.39 Å². The lowest BCUT2D eigenvalue weighted by Crippen LogP contribution is -1.98. The van der Waals surface area contributed by atoms with Crippen LogP contribution >= 0.6 is 0 Å². The fourth-order valence-corrected chi connectivity index (χ4v) is 1.94. The van der Waals surface area contributed by atoms with Crippen molar-refractivity contribution >= 4 is 0 Å². The van der Waals surface area contributed by atoms with E-state index in [0.717, 1.165) is 29.4 Å². The summed E-state index contributed by atoms with van der Waals surface area (Å²) in [6, 6.07) is 7.79. The van der Waals surface area contributed by atoms with E-state index in [-0.39, 0.29) is 6.54 Å². The number of hydrogen-bond donors (Lipinski definition) is 0. The number of aryl methyl sites for hydroxylation is 1. The summed E-state index contributed by atoms with van der Waals surface area (Å²) in [5.74, 6) is 7.72. The number of rotatable bonds is 5. The molecule has 0 spiro atoms. The smallest absolute Gasteiger partial charge is 0.120 e. The van der Waals surface area contributed by atoms with Crippen molar-refractivity contribution in [1.82, 2.24) is 9.78 Å². The Labute approximate surface area is 123 Å². The van der Waals surface area contributed by atoms with Gasteiger partial charge < -0.3 is 4.74 Å². The highest BCUT2D eigenvalue weighted by molar-refractivity contribution is 5.44. The molecule has 21 heavy (non-hydrogen) atoms. The van der Waals surface area contributed by atoms with Crippen LogP contribution in [0.1, 0.15) is 24.0 Å². The molecular formula is C17H17FN2O. The summed E-state index contributed by atoms with van der Waals surface area (Å²) in [6.07, 6.45) is 5.96. The molecule has 1 saturated carbocycles. The third-order valence-electron chi connectivity index (χ3n) is 3.31. The van der Waals surface area contributed by atoms with E-state index in [1.807, 2.05) is 24.3 Å². The van der Waals surface area contributed by atoms with Crippen LogP contribution in [-0.4, -0.2) is 23.1 Å². The molecule has 1 fully saturated rings. The van der Waals surface area contributed by atoms with E-state index < -0.39 is 6.67 Å². The van der Waals surface area contributed by atoms with Gasteiger partial charge in [0.15, 0.2) is 0 Å². The van der Waals surface area contributed by atoms with Gasteiger partial charge in [-0.25, -0.2) is 4.39 Å². The zero-order valence-electron chi connectivity index (χ0n) is 11.8. The van der Waals surface area contributed by atoms with E-state index in [0.29, 0.717) is 0 Å². The topological polar surface area (TPSA) is 27.1 Å². The van der Waals surface area contributed by atoms with Gasteiger partial charge in [-0.2, -0.15) is 5.10 Å². The summed E-state index contributed by atoms with van der Waals surface area (Å²) < 4.78 is 19.5. The highest BCUT2D eigenvalue weighted by Gasteiger charge is 2.21. The number of hydrogen-bond acceptors (Lipinski definition) is 2. The third-order valence-corrected chi connectivity index (χ3v) is 3.31. The zero-order chi connectivity index (χ0) is 14.5. The molecule has 0 saturated heterocycles. The first-order chi connectivity index (χ1) is 10.3. The number of benzene rings is 1. The van der Waals surface area contributed by atoms with Crippen molar-refractivity contribution in [2.75, 3.05) is 13.3 Å². The number of alkyl halides is 1. The average Bonchev–Trinajstić information content (AvgIpc) is 3.23. The second-order valence-corrected chi connectivity index (χ2v) is 5.21. The second kappa shape index (κ2) is 6.45. The van der Waals surface area contributed by atoms with Crippen molar-refractivity contribution in [3.63, 3.8) is 0 Å². The van der Waals surface area contributed by atoms with Gasteiger partial charge in [0, 0.05) is 11.8 Å². The standard InChI is InChI=1S/C17H17FN2O/c18-8-9-20-12-16(11-19-20)7-4-14-2-1-3-17(10-14)21-13-15-5-6-15/h1-3,10-12,15H,5-6,8-9,13H2. The molecule has 1 aliphatic carbocycles. The van der Waals surface area contributed by atoms with Crippen LogP contribution in [0.15, 0.2) is 36.7 Å². The molecule has 0 unspecified atom stereocenters. The highest BCUT2D eigenvalue weighted by atomic mass is 19.1. The molecule has 0 amide bonds. The molecule has 1 heterocycles. The molecule has 0 bridgehead atoms. The van der Waals surface area contributed by atoms with Crippen LogP contribution in [0.5, 0.6) is 5.75 Å². The Morgan fingerprint density at radius 2 is 2.14 bits per heavy atom. The largest absolute Gasteiger partial charge is 0.493 e. The molecule has 4 heteroatoms. The van der Waals surface area contributed by atoms with Gasteiger partial charge in [0.05, 0.1) is 24.9 Å². The van der Waals surface area contributed by atoms with Gasteiger partial charge in [0.25, 0.3) is 0 Å². The quantitative estimate of drug-likeness (QED) is 0.789. The van der Waals surface area contributed by atoms with Crippen LogP contribution in [0, 0.1) is 17.8 Å². The molecule has 0 radical (unpaired) electrons. The van der Waals surface area contributed by atoms with Crippen LogP contribution in [-0.2, 0) is 6.54 Å². The lowest BCUT2D eigenvalue weighted by molar-refractivity contribution is 0.299. The lowest BCUT2D eigenvalue weighted by atomic mass is 10.2. The Balaban J connectivity index is 1.65. The molecule has 1 aromatic carbocycles. The van der Waals surface area contributed by atoms with E-state index >= 15 is 0 Å². The predicted molar refractivity (Wildman–Crippen MR) is 78.8 cm³/mol. The minimum atomic E-state index is -0.422. The molecular weight excluding hydrogens is 267 g/mol. The Kier molecular flexibility index (Phi) is 4.20. The first kappa shape index (κ1) is 13.7. The summed E-state index contributed by atoms with van der Waals surface area (Å²) in [6.45, 7) is 0.647. The summed E-state index contributed by atoms with van der Waals surface area (Å²) in [5.41, 5.74) is 1.69. The van der Waals surface area contributed by atoms with Gasteiger partial charge in [-0.05, 0) is 37.0 Å². The number of halogens is 1. The second-order valence-electron chi connectivity index (χ2n) is 5.21. The van der Waals surface area contributed by atoms with Crippen molar-refractivity contribution in [2.24, 2.45) is 5.92 Å². The molecule has 108 valence electrons. The molecule has 0 atom stereocenters. The van der Waals surface area contributed by atoms with Crippen molar-refractivity contribution < 1.29 is 9.13 Å². The summed E-state index contributed by atoms with van der Waals surface area (Å²) >= 11 is 0. The molecule has 0 N–H and O–H groups in total. The van der Waals surface area contributed by atoms with Crippen LogP contribution in [0.25, 0.3) is 0 Å². The van der Waals surface area contributed by atoms with Crippen LogP contribution in [0.3, 0.4) is 0 Å². The maximum Gasteiger partial charge on any atom is 0.120 e. The van der Waals surface area contributed by atoms with Crippen molar-refractivity contribution in [1.29, 1.82) is 0 Å². The summed E-state index contributed by atoms with van der Waals surface area (Å²) in [7, 11) is 0. The van der Waals surface area contributed by atoms with Crippen LogP contribution in [0.2, 0.25) is 0 Å². The van der Waals surface area contributed by atoms with Gasteiger partial charge in [-0.1, -0.05) is 17.9 Å². The molecule has 2 aromatic rings. The van der Waals surface area contributed by atoms with Crippen LogP contribution < -0.4 is 4.74 Å². The van der Waals surface area contributed by atoms with Crippen LogP contribution in [0.4, 0.5) is 4.39 Å². The Morgan fingerprint density at radius 1 is 1.29 bits per heavy atom. The lowest BCUT2D eigenvalue weighted by Gasteiger charge is -2.04. The average molecular weight is 284 g/mol. The normalized spacial score (nSPS) is 13.6. The van der Waals surface area contributed by atoms with Crippen molar-refractivity contribution in [3.8, 4) is 17.6 Å². The zero-order valence-corrected chi connectivity index (χ0v) is 11.8. The van der Waals surface area contributed by atoms with E-state index in [2.05, 4.69) is 16.9 Å². The van der Waals surface area contributed by atoms with Gasteiger partial charge in [-0.3, -0.25) is 4.68 Å². The Morgan fingerprint density at radius 3 is 2.95 bits per heavy atom. The number of ether oxygens (including phenoxy) is 1. The van der Waals surface area contributed by atoms with Gasteiger partial charge in [0.1, 0.15) is 12.4 Å².